The van der Waals surface area contributed by atoms with Gasteiger partial charge in [-0.25, -0.2) is 4.79 Å². The molecule has 1 amide bonds. The summed E-state index contributed by atoms with van der Waals surface area (Å²) in [6.07, 6.45) is 4.18. The minimum atomic E-state index is -0.147. The maximum Gasteiger partial charge on any atom is 0.409 e. The minimum absolute atomic E-state index is 0.147. The van der Waals surface area contributed by atoms with Crippen molar-refractivity contribution in [3.05, 3.63) is 0 Å². The van der Waals surface area contributed by atoms with Crippen LogP contribution in [0.5, 0.6) is 0 Å². The highest BCUT2D eigenvalue weighted by Gasteiger charge is 2.38. The SMILES string of the molecule is CC(C)COC(=O)N1CCC(NC2CC(C)(C)NC(C)(C)C2)CC1. The molecule has 0 bridgehead atoms. The van der Waals surface area contributed by atoms with Crippen molar-refractivity contribution in [3.8, 4) is 0 Å². The number of hydrogen-bond acceptors (Lipinski definition) is 4. The highest BCUT2D eigenvalue weighted by atomic mass is 16.6. The molecule has 0 unspecified atom stereocenters. The van der Waals surface area contributed by atoms with Crippen molar-refractivity contribution >= 4 is 6.09 Å². The van der Waals surface area contributed by atoms with Crippen LogP contribution in [0.1, 0.15) is 67.2 Å². The molecule has 0 aromatic rings. The Kier molecular flexibility index (Phi) is 6.19. The van der Waals surface area contributed by atoms with E-state index in [9.17, 15) is 4.79 Å². The van der Waals surface area contributed by atoms with Crippen molar-refractivity contribution in [1.82, 2.24) is 15.5 Å². The number of hydrogen-bond donors (Lipinski definition) is 2. The quantitative estimate of drug-likeness (QED) is 0.826. The van der Waals surface area contributed by atoms with Crippen LogP contribution in [0.4, 0.5) is 4.79 Å². The zero-order valence-corrected chi connectivity index (χ0v) is 16.4. The van der Waals surface area contributed by atoms with Gasteiger partial charge in [-0.05, 0) is 59.3 Å². The topological polar surface area (TPSA) is 53.6 Å². The van der Waals surface area contributed by atoms with Crippen molar-refractivity contribution in [2.75, 3.05) is 19.7 Å². The van der Waals surface area contributed by atoms with Gasteiger partial charge in [0.2, 0.25) is 0 Å². The lowest BCUT2D eigenvalue weighted by Crippen LogP contribution is -2.63. The van der Waals surface area contributed by atoms with Gasteiger partial charge in [-0.1, -0.05) is 13.8 Å². The number of nitrogens with zero attached hydrogens (tertiary/aromatic N) is 1. The number of rotatable bonds is 4. The summed E-state index contributed by atoms with van der Waals surface area (Å²) in [5.74, 6) is 0.389. The van der Waals surface area contributed by atoms with Crippen molar-refractivity contribution in [2.24, 2.45) is 5.92 Å². The Labute approximate surface area is 147 Å². The predicted octanol–water partition coefficient (Wildman–Crippen LogP) is 3.14. The molecule has 2 aliphatic rings. The molecular formula is C19H37N3O2. The van der Waals surface area contributed by atoms with E-state index in [0.29, 0.717) is 24.6 Å². The van der Waals surface area contributed by atoms with Crippen LogP contribution in [0, 0.1) is 5.92 Å². The van der Waals surface area contributed by atoms with Crippen molar-refractivity contribution < 1.29 is 9.53 Å². The third-order valence-electron chi connectivity index (χ3n) is 4.95. The first kappa shape index (κ1) is 19.5. The highest BCUT2D eigenvalue weighted by molar-refractivity contribution is 5.67. The first-order valence-corrected chi connectivity index (χ1v) is 9.53. The number of nitrogens with one attached hydrogen (secondary N) is 2. The number of carbonyl (C=O) groups excluding carboxylic acids is 1. The summed E-state index contributed by atoms with van der Waals surface area (Å²) in [4.78, 5) is 13.9. The first-order valence-electron chi connectivity index (χ1n) is 9.53. The molecule has 2 saturated heterocycles. The van der Waals surface area contributed by atoms with Crippen molar-refractivity contribution in [2.45, 2.75) is 90.4 Å². The average Bonchev–Trinajstić information content (AvgIpc) is 2.42. The average molecular weight is 340 g/mol. The minimum Gasteiger partial charge on any atom is -0.449 e. The normalized spacial score (nSPS) is 25.0. The number of likely N-dealkylation sites (tertiary alicyclic amines) is 1. The van der Waals surface area contributed by atoms with Crippen molar-refractivity contribution in [3.63, 3.8) is 0 Å². The Balaban J connectivity index is 1.77. The van der Waals surface area contributed by atoms with Crippen LogP contribution < -0.4 is 10.6 Å². The van der Waals surface area contributed by atoms with Gasteiger partial charge in [0.1, 0.15) is 0 Å². The van der Waals surface area contributed by atoms with Gasteiger partial charge in [0.15, 0.2) is 0 Å². The second-order valence-corrected chi connectivity index (χ2v) is 9.40. The first-order chi connectivity index (χ1) is 11.1. The molecule has 140 valence electrons. The monoisotopic (exact) mass is 339 g/mol. The van der Waals surface area contributed by atoms with E-state index in [1.54, 1.807) is 0 Å². The second kappa shape index (κ2) is 7.61. The maximum absolute atomic E-state index is 12.0. The predicted molar refractivity (Wildman–Crippen MR) is 98.2 cm³/mol. The lowest BCUT2D eigenvalue weighted by atomic mass is 9.79. The van der Waals surface area contributed by atoms with Crippen LogP contribution in [0.2, 0.25) is 0 Å². The van der Waals surface area contributed by atoms with Crippen LogP contribution in [-0.4, -0.2) is 53.9 Å². The van der Waals surface area contributed by atoms with Gasteiger partial charge < -0.3 is 20.3 Å². The molecule has 24 heavy (non-hydrogen) atoms. The summed E-state index contributed by atoms with van der Waals surface area (Å²) in [5.41, 5.74) is 0.335. The molecule has 0 atom stereocenters. The Morgan fingerprint density at radius 3 is 2.17 bits per heavy atom. The van der Waals surface area contributed by atoms with Gasteiger partial charge in [-0.3, -0.25) is 0 Å². The van der Waals surface area contributed by atoms with E-state index in [1.807, 2.05) is 4.90 Å². The van der Waals surface area contributed by atoms with Crippen LogP contribution in [-0.2, 0) is 4.74 Å². The fourth-order valence-corrected chi connectivity index (χ4v) is 4.33. The molecule has 2 rings (SSSR count). The number of piperidine rings is 2. The van der Waals surface area contributed by atoms with Crippen LogP contribution >= 0.6 is 0 Å². The van der Waals surface area contributed by atoms with Gasteiger partial charge in [-0.2, -0.15) is 0 Å². The fraction of sp³-hybridized carbons (Fsp3) is 0.947. The number of ether oxygens (including phenoxy) is 1. The van der Waals surface area contributed by atoms with E-state index in [2.05, 4.69) is 52.2 Å². The lowest BCUT2D eigenvalue weighted by Gasteiger charge is -2.48. The molecule has 2 N–H and O–H groups in total. The Morgan fingerprint density at radius 2 is 1.67 bits per heavy atom. The summed E-state index contributed by atoms with van der Waals surface area (Å²) in [7, 11) is 0. The molecule has 0 aromatic carbocycles. The lowest BCUT2D eigenvalue weighted by molar-refractivity contribution is 0.0780. The van der Waals surface area contributed by atoms with Crippen LogP contribution in [0.25, 0.3) is 0 Å². The molecule has 0 spiro atoms. The van der Waals surface area contributed by atoms with Gasteiger partial charge in [0.05, 0.1) is 6.61 Å². The molecule has 0 radical (unpaired) electrons. The Bertz CT molecular complexity index is 410. The summed E-state index contributed by atoms with van der Waals surface area (Å²) in [6, 6.07) is 1.05. The third kappa shape index (κ3) is 5.92. The molecule has 2 aliphatic heterocycles. The van der Waals surface area contributed by atoms with Crippen LogP contribution in [0.3, 0.4) is 0 Å². The van der Waals surface area contributed by atoms with Gasteiger partial charge in [0.25, 0.3) is 0 Å². The third-order valence-corrected chi connectivity index (χ3v) is 4.95. The fourth-order valence-electron chi connectivity index (χ4n) is 4.33. The number of amides is 1. The Morgan fingerprint density at radius 1 is 1.12 bits per heavy atom. The standard InChI is InChI=1S/C19H37N3O2/c1-14(2)13-24-17(23)22-9-7-15(8-10-22)20-16-11-18(3,4)21-19(5,6)12-16/h14-16,20-21H,7-13H2,1-6H3. The van der Waals surface area contributed by atoms with E-state index >= 15 is 0 Å². The van der Waals surface area contributed by atoms with E-state index in [1.165, 1.54) is 0 Å². The molecule has 5 nitrogen and oxygen atoms in total. The van der Waals surface area contributed by atoms with Crippen LogP contribution in [0.15, 0.2) is 0 Å². The van der Waals surface area contributed by atoms with E-state index < -0.39 is 0 Å². The zero-order chi connectivity index (χ0) is 18.0. The molecule has 0 saturated carbocycles. The summed E-state index contributed by atoms with van der Waals surface area (Å²) in [5, 5.41) is 7.59. The van der Waals surface area contributed by atoms with Gasteiger partial charge >= 0.3 is 6.09 Å². The highest BCUT2D eigenvalue weighted by Crippen LogP contribution is 2.29. The summed E-state index contributed by atoms with van der Waals surface area (Å²) in [6.45, 7) is 15.4. The zero-order valence-electron chi connectivity index (χ0n) is 16.4. The largest absolute Gasteiger partial charge is 0.449 e. The summed E-state index contributed by atoms with van der Waals surface area (Å²) < 4.78 is 5.34. The molecular weight excluding hydrogens is 302 g/mol. The smallest absolute Gasteiger partial charge is 0.409 e. The van der Waals surface area contributed by atoms with Crippen molar-refractivity contribution in [1.29, 1.82) is 0 Å². The number of carbonyl (C=O) groups is 1. The van der Waals surface area contributed by atoms with E-state index in [0.717, 1.165) is 38.8 Å². The molecule has 0 aromatic heterocycles. The molecule has 2 heterocycles. The van der Waals surface area contributed by atoms with Gasteiger partial charge in [0, 0.05) is 36.3 Å². The Hall–Kier alpha value is -0.810. The molecule has 2 fully saturated rings. The van der Waals surface area contributed by atoms with Gasteiger partial charge in [-0.15, -0.1) is 0 Å². The molecule has 0 aliphatic carbocycles. The van der Waals surface area contributed by atoms with E-state index in [4.69, 9.17) is 4.74 Å². The molecule has 5 heteroatoms. The van der Waals surface area contributed by atoms with E-state index in [-0.39, 0.29) is 17.2 Å². The second-order valence-electron chi connectivity index (χ2n) is 9.40. The maximum atomic E-state index is 12.0. The summed E-state index contributed by atoms with van der Waals surface area (Å²) >= 11 is 0.